The first kappa shape index (κ1) is 19.0. The minimum atomic E-state index is -0.108. The molecule has 0 saturated carbocycles. The molecule has 2 aliphatic heterocycles. The number of halogens is 1. The maximum Gasteiger partial charge on any atom is 0.262 e. The van der Waals surface area contributed by atoms with Crippen molar-refractivity contribution in [1.82, 2.24) is 14.8 Å². The highest BCUT2D eigenvalue weighted by atomic mass is 35.5. The van der Waals surface area contributed by atoms with Crippen LogP contribution in [-0.2, 0) is 0 Å². The summed E-state index contributed by atoms with van der Waals surface area (Å²) < 4.78 is 5.54. The minimum Gasteiger partial charge on any atom is -0.461 e. The lowest BCUT2D eigenvalue weighted by Gasteiger charge is -2.32. The number of fused-ring (bicyclic) bond motifs is 1. The molecule has 1 amide bonds. The quantitative estimate of drug-likeness (QED) is 0.708. The molecule has 28 heavy (non-hydrogen) atoms. The lowest BCUT2D eigenvalue weighted by atomic mass is 9.93. The second-order valence-corrected chi connectivity index (χ2v) is 7.62. The highest BCUT2D eigenvalue weighted by molar-refractivity contribution is 6.30. The van der Waals surface area contributed by atoms with Crippen LogP contribution in [0, 0.1) is 0 Å². The number of hydrogen-bond donors (Lipinski definition) is 0. The summed E-state index contributed by atoms with van der Waals surface area (Å²) >= 11 is 6.30. The fourth-order valence-corrected chi connectivity index (χ4v) is 4.10. The van der Waals surface area contributed by atoms with Gasteiger partial charge in [-0.05, 0) is 63.2 Å². The predicted octanol–water partition coefficient (Wildman–Crippen LogP) is 4.22. The Hall–Kier alpha value is -2.37. The van der Waals surface area contributed by atoms with Crippen LogP contribution in [0.1, 0.15) is 41.2 Å². The highest BCUT2D eigenvalue weighted by Crippen LogP contribution is 2.28. The lowest BCUT2D eigenvalue weighted by Crippen LogP contribution is -2.36. The molecule has 3 heterocycles. The Kier molecular flexibility index (Phi) is 5.93. The van der Waals surface area contributed by atoms with E-state index in [1.165, 1.54) is 12.0 Å². The van der Waals surface area contributed by atoms with Crippen LogP contribution in [0.15, 0.2) is 60.1 Å². The van der Waals surface area contributed by atoms with Gasteiger partial charge >= 0.3 is 0 Å². The molecule has 1 fully saturated rings. The van der Waals surface area contributed by atoms with Crippen molar-refractivity contribution in [3.8, 4) is 5.75 Å². The van der Waals surface area contributed by atoms with Crippen LogP contribution in [0.5, 0.6) is 5.75 Å². The number of likely N-dealkylation sites (tertiary alicyclic amines) is 1. The number of hydrogen-bond acceptors (Lipinski definition) is 4. The van der Waals surface area contributed by atoms with Gasteiger partial charge in [0.15, 0.2) is 0 Å². The van der Waals surface area contributed by atoms with Gasteiger partial charge in [0.1, 0.15) is 17.2 Å². The maximum atomic E-state index is 12.8. The number of aromatic nitrogens is 1. The summed E-state index contributed by atoms with van der Waals surface area (Å²) in [5.41, 5.74) is 1.75. The van der Waals surface area contributed by atoms with Crippen molar-refractivity contribution < 1.29 is 9.53 Å². The lowest BCUT2D eigenvalue weighted by molar-refractivity contribution is 0.0810. The first-order valence-corrected chi connectivity index (χ1v) is 10.2. The Morgan fingerprint density at radius 3 is 2.64 bits per heavy atom. The smallest absolute Gasteiger partial charge is 0.262 e. The molecule has 0 spiro atoms. The third-order valence-electron chi connectivity index (χ3n) is 5.45. The predicted molar refractivity (Wildman–Crippen MR) is 109 cm³/mol. The van der Waals surface area contributed by atoms with E-state index in [1.807, 2.05) is 24.4 Å². The van der Waals surface area contributed by atoms with Crippen LogP contribution in [0.2, 0.25) is 0 Å². The molecular formula is C22H24ClN3O2. The number of carbonyl (C=O) groups excluding carboxylic acids is 1. The number of ether oxygens (including phenoxy) is 1. The topological polar surface area (TPSA) is 45.7 Å². The summed E-state index contributed by atoms with van der Waals surface area (Å²) in [6, 6.07) is 13.4. The zero-order chi connectivity index (χ0) is 19.3. The van der Waals surface area contributed by atoms with Gasteiger partial charge in [-0.15, -0.1) is 0 Å². The third kappa shape index (κ3) is 4.21. The monoisotopic (exact) mass is 397 g/mol. The minimum absolute atomic E-state index is 0.108. The summed E-state index contributed by atoms with van der Waals surface area (Å²) in [5, 5.41) is 0.329. The highest BCUT2D eigenvalue weighted by Gasteiger charge is 2.26. The second kappa shape index (κ2) is 8.76. The van der Waals surface area contributed by atoms with Gasteiger partial charge in [-0.1, -0.05) is 29.8 Å². The van der Waals surface area contributed by atoms with Crippen molar-refractivity contribution in [3.05, 3.63) is 71.3 Å². The summed E-state index contributed by atoms with van der Waals surface area (Å²) in [4.78, 5) is 21.4. The second-order valence-electron chi connectivity index (χ2n) is 7.24. The number of carbonyl (C=O) groups is 1. The zero-order valence-corrected chi connectivity index (χ0v) is 16.5. The molecular weight excluding hydrogens is 374 g/mol. The number of piperidine rings is 1. The fourth-order valence-electron chi connectivity index (χ4n) is 3.89. The first-order valence-electron chi connectivity index (χ1n) is 9.79. The number of amides is 1. The van der Waals surface area contributed by atoms with Crippen molar-refractivity contribution in [1.29, 1.82) is 0 Å². The summed E-state index contributed by atoms with van der Waals surface area (Å²) in [5.74, 6) is 0.989. The van der Waals surface area contributed by atoms with Crippen LogP contribution in [-0.4, -0.2) is 46.9 Å². The Bertz CT molecular complexity index is 848. The van der Waals surface area contributed by atoms with Gasteiger partial charge in [-0.25, -0.2) is 0 Å². The largest absolute Gasteiger partial charge is 0.461 e. The molecule has 0 aliphatic carbocycles. The molecule has 1 aromatic heterocycles. The maximum absolute atomic E-state index is 12.8. The molecule has 146 valence electrons. The van der Waals surface area contributed by atoms with E-state index in [0.717, 1.165) is 38.9 Å². The van der Waals surface area contributed by atoms with E-state index >= 15 is 0 Å². The van der Waals surface area contributed by atoms with Crippen LogP contribution < -0.4 is 4.74 Å². The van der Waals surface area contributed by atoms with E-state index in [2.05, 4.69) is 22.0 Å². The van der Waals surface area contributed by atoms with E-state index in [9.17, 15) is 4.79 Å². The number of pyridine rings is 1. The van der Waals surface area contributed by atoms with Crippen LogP contribution in [0.4, 0.5) is 0 Å². The van der Waals surface area contributed by atoms with Gasteiger partial charge in [-0.3, -0.25) is 14.7 Å². The molecule has 2 aromatic rings. The number of rotatable bonds is 5. The normalized spacial score (nSPS) is 18.2. The zero-order valence-electron chi connectivity index (χ0n) is 15.8. The molecule has 2 aliphatic rings. The average Bonchev–Trinajstić information content (AvgIpc) is 2.87. The van der Waals surface area contributed by atoms with Crippen molar-refractivity contribution in [2.24, 2.45) is 0 Å². The van der Waals surface area contributed by atoms with Crippen LogP contribution in [0.3, 0.4) is 0 Å². The van der Waals surface area contributed by atoms with Gasteiger partial charge in [0, 0.05) is 24.4 Å². The van der Waals surface area contributed by atoms with Crippen molar-refractivity contribution in [3.63, 3.8) is 0 Å². The SMILES string of the molecule is O=C1c2ccccc2OC=C(Cl)N1CCCN1CCC(c2ccccn2)CC1. The molecule has 4 rings (SSSR count). The Balaban J connectivity index is 1.29. The van der Waals surface area contributed by atoms with Crippen LogP contribution in [0.25, 0.3) is 0 Å². The molecule has 0 unspecified atom stereocenters. The van der Waals surface area contributed by atoms with Gasteiger partial charge in [0.25, 0.3) is 5.91 Å². The molecule has 0 radical (unpaired) electrons. The first-order chi connectivity index (χ1) is 13.7. The van der Waals surface area contributed by atoms with E-state index in [4.69, 9.17) is 16.3 Å². The van der Waals surface area contributed by atoms with Crippen LogP contribution >= 0.6 is 11.6 Å². The third-order valence-corrected chi connectivity index (χ3v) is 5.75. The standard InChI is InChI=1S/C22H24ClN3O2/c23-21-16-28-20-8-2-1-6-18(20)22(27)26(21)13-5-12-25-14-9-17(10-15-25)19-7-3-4-11-24-19/h1-4,6-8,11,16-17H,5,9-10,12-15H2. The average molecular weight is 398 g/mol. The number of nitrogens with zero attached hydrogens (tertiary/aromatic N) is 3. The van der Waals surface area contributed by atoms with Crippen molar-refractivity contribution in [2.45, 2.75) is 25.2 Å². The molecule has 1 aromatic carbocycles. The summed E-state index contributed by atoms with van der Waals surface area (Å²) in [7, 11) is 0. The van der Waals surface area contributed by atoms with Gasteiger partial charge in [0.2, 0.25) is 0 Å². The van der Waals surface area contributed by atoms with E-state index < -0.39 is 0 Å². The Morgan fingerprint density at radius 2 is 1.86 bits per heavy atom. The molecule has 6 heteroatoms. The Labute approximate surface area is 170 Å². The van der Waals surface area contributed by atoms with Crippen molar-refractivity contribution >= 4 is 17.5 Å². The van der Waals surface area contributed by atoms with E-state index in [1.54, 1.807) is 17.0 Å². The molecule has 0 atom stereocenters. The fraction of sp³-hybridized carbons (Fsp3) is 0.364. The summed E-state index contributed by atoms with van der Waals surface area (Å²) in [6.07, 6.45) is 6.44. The van der Waals surface area contributed by atoms with Gasteiger partial charge in [0.05, 0.1) is 5.56 Å². The number of benzene rings is 1. The molecule has 1 saturated heterocycles. The Morgan fingerprint density at radius 1 is 1.07 bits per heavy atom. The summed E-state index contributed by atoms with van der Waals surface area (Å²) in [6.45, 7) is 3.65. The molecule has 5 nitrogen and oxygen atoms in total. The van der Waals surface area contributed by atoms with E-state index in [0.29, 0.717) is 28.9 Å². The van der Waals surface area contributed by atoms with Gasteiger partial charge < -0.3 is 9.64 Å². The molecule has 0 N–H and O–H groups in total. The van der Waals surface area contributed by atoms with Crippen molar-refractivity contribution in [2.75, 3.05) is 26.2 Å². The van der Waals surface area contributed by atoms with Gasteiger partial charge in [-0.2, -0.15) is 0 Å². The van der Waals surface area contributed by atoms with E-state index in [-0.39, 0.29) is 5.91 Å². The number of para-hydroxylation sites is 1. The molecule has 0 bridgehead atoms.